The molecule has 88 valence electrons. The first-order valence-electron chi connectivity index (χ1n) is 5.06. The standard InChI is InChI=1S/C11H16N2O2S/c1-8-6-10(13(14)15)4-5-11(8)12-7-9(2)16-3/h4-6,9,12H,7H2,1-3H3. The molecule has 4 nitrogen and oxygen atoms in total. The first kappa shape index (κ1) is 12.8. The zero-order chi connectivity index (χ0) is 12.1. The van der Waals surface area contributed by atoms with Crippen LogP contribution in [-0.2, 0) is 0 Å². The second-order valence-corrected chi connectivity index (χ2v) is 4.96. The van der Waals surface area contributed by atoms with Gasteiger partial charge in [-0.3, -0.25) is 10.1 Å². The Hall–Kier alpha value is -1.23. The second-order valence-electron chi connectivity index (χ2n) is 3.68. The van der Waals surface area contributed by atoms with Crippen molar-refractivity contribution in [1.82, 2.24) is 0 Å². The Morgan fingerprint density at radius 1 is 1.56 bits per heavy atom. The minimum absolute atomic E-state index is 0.140. The number of benzene rings is 1. The van der Waals surface area contributed by atoms with Gasteiger partial charge in [0.25, 0.3) is 5.69 Å². The summed E-state index contributed by atoms with van der Waals surface area (Å²) in [7, 11) is 0. The molecule has 0 bridgehead atoms. The lowest BCUT2D eigenvalue weighted by Crippen LogP contribution is -2.13. The number of non-ortho nitro benzene ring substituents is 1. The van der Waals surface area contributed by atoms with Gasteiger partial charge < -0.3 is 5.32 Å². The first-order chi connectivity index (χ1) is 7.54. The van der Waals surface area contributed by atoms with Crippen LogP contribution >= 0.6 is 11.8 Å². The molecule has 0 heterocycles. The molecule has 1 unspecified atom stereocenters. The lowest BCUT2D eigenvalue weighted by molar-refractivity contribution is -0.384. The van der Waals surface area contributed by atoms with Gasteiger partial charge in [-0.1, -0.05) is 6.92 Å². The summed E-state index contributed by atoms with van der Waals surface area (Å²) in [6.45, 7) is 4.87. The van der Waals surface area contributed by atoms with Gasteiger partial charge >= 0.3 is 0 Å². The van der Waals surface area contributed by atoms with Crippen LogP contribution in [0.5, 0.6) is 0 Å². The van der Waals surface area contributed by atoms with Gasteiger partial charge in [-0.05, 0) is 24.8 Å². The van der Waals surface area contributed by atoms with Crippen LogP contribution in [0.2, 0.25) is 0 Å². The molecule has 0 spiro atoms. The van der Waals surface area contributed by atoms with Gasteiger partial charge in [-0.15, -0.1) is 0 Å². The number of thioether (sulfide) groups is 1. The van der Waals surface area contributed by atoms with Gasteiger partial charge in [0.2, 0.25) is 0 Å². The van der Waals surface area contributed by atoms with E-state index < -0.39 is 0 Å². The zero-order valence-corrected chi connectivity index (χ0v) is 10.5. The Balaban J connectivity index is 2.72. The van der Waals surface area contributed by atoms with E-state index in [1.54, 1.807) is 23.9 Å². The molecule has 1 aromatic rings. The largest absolute Gasteiger partial charge is 0.384 e. The van der Waals surface area contributed by atoms with Crippen molar-refractivity contribution < 1.29 is 4.92 Å². The highest BCUT2D eigenvalue weighted by molar-refractivity contribution is 7.99. The molecule has 0 aliphatic carbocycles. The van der Waals surface area contributed by atoms with Crippen LogP contribution in [0.15, 0.2) is 18.2 Å². The van der Waals surface area contributed by atoms with Crippen LogP contribution in [0.25, 0.3) is 0 Å². The van der Waals surface area contributed by atoms with Crippen molar-refractivity contribution in [1.29, 1.82) is 0 Å². The van der Waals surface area contributed by atoms with Gasteiger partial charge in [-0.25, -0.2) is 0 Å². The first-order valence-corrected chi connectivity index (χ1v) is 6.35. The highest BCUT2D eigenvalue weighted by atomic mass is 32.2. The van der Waals surface area contributed by atoms with Crippen LogP contribution in [0.1, 0.15) is 12.5 Å². The Morgan fingerprint density at radius 3 is 2.75 bits per heavy atom. The predicted octanol–water partition coefficient (Wildman–Crippen LogP) is 3.07. The molecule has 1 aromatic carbocycles. The monoisotopic (exact) mass is 240 g/mol. The summed E-state index contributed by atoms with van der Waals surface area (Å²) in [6.07, 6.45) is 2.06. The summed E-state index contributed by atoms with van der Waals surface area (Å²) in [5.41, 5.74) is 2.01. The van der Waals surface area contributed by atoms with Crippen molar-refractivity contribution >= 4 is 23.1 Å². The molecule has 0 aromatic heterocycles. The summed E-state index contributed by atoms with van der Waals surface area (Å²) >= 11 is 1.79. The van der Waals surface area contributed by atoms with Crippen molar-refractivity contribution in [2.75, 3.05) is 18.1 Å². The molecule has 5 heteroatoms. The number of hydrogen-bond donors (Lipinski definition) is 1. The molecule has 1 N–H and O–H groups in total. The Morgan fingerprint density at radius 2 is 2.25 bits per heavy atom. The lowest BCUT2D eigenvalue weighted by atomic mass is 10.2. The smallest absolute Gasteiger partial charge is 0.269 e. The topological polar surface area (TPSA) is 55.2 Å². The van der Waals surface area contributed by atoms with Gasteiger partial charge in [0.1, 0.15) is 0 Å². The predicted molar refractivity (Wildman–Crippen MR) is 69.3 cm³/mol. The van der Waals surface area contributed by atoms with Crippen LogP contribution in [0.3, 0.4) is 0 Å². The van der Waals surface area contributed by atoms with E-state index >= 15 is 0 Å². The molecule has 0 saturated heterocycles. The molecule has 1 atom stereocenters. The Kier molecular flexibility index (Phi) is 4.61. The van der Waals surface area contributed by atoms with E-state index in [4.69, 9.17) is 0 Å². The third-order valence-corrected chi connectivity index (χ3v) is 3.37. The molecule has 1 rings (SSSR count). The molecule has 0 radical (unpaired) electrons. The third-order valence-electron chi connectivity index (χ3n) is 2.40. The molecular formula is C11H16N2O2S. The lowest BCUT2D eigenvalue weighted by Gasteiger charge is -2.12. The number of nitrogens with zero attached hydrogens (tertiary/aromatic N) is 1. The maximum atomic E-state index is 10.6. The number of anilines is 1. The minimum Gasteiger partial charge on any atom is -0.384 e. The van der Waals surface area contributed by atoms with Crippen molar-refractivity contribution in [3.63, 3.8) is 0 Å². The van der Waals surface area contributed by atoms with Crippen LogP contribution in [0.4, 0.5) is 11.4 Å². The summed E-state index contributed by atoms with van der Waals surface area (Å²) in [4.78, 5) is 10.2. The van der Waals surface area contributed by atoms with Gasteiger partial charge in [0.15, 0.2) is 0 Å². The summed E-state index contributed by atoms with van der Waals surface area (Å²) in [5.74, 6) is 0. The van der Waals surface area contributed by atoms with Crippen molar-refractivity contribution in [2.45, 2.75) is 19.1 Å². The summed E-state index contributed by atoms with van der Waals surface area (Å²) in [6, 6.07) is 4.88. The fraction of sp³-hybridized carbons (Fsp3) is 0.455. The highest BCUT2D eigenvalue weighted by Gasteiger charge is 2.08. The van der Waals surface area contributed by atoms with Crippen LogP contribution < -0.4 is 5.32 Å². The number of nitro benzene ring substituents is 1. The number of aryl methyl sites for hydroxylation is 1. The van der Waals surface area contributed by atoms with E-state index in [9.17, 15) is 10.1 Å². The van der Waals surface area contributed by atoms with E-state index in [2.05, 4.69) is 18.5 Å². The highest BCUT2D eigenvalue weighted by Crippen LogP contribution is 2.21. The molecule has 0 fully saturated rings. The minimum atomic E-state index is -0.374. The molecule has 0 aliphatic heterocycles. The second kappa shape index (κ2) is 5.75. The quantitative estimate of drug-likeness (QED) is 0.634. The molecule has 16 heavy (non-hydrogen) atoms. The maximum Gasteiger partial charge on any atom is 0.269 e. The Labute approximate surface area is 99.6 Å². The average Bonchev–Trinajstić information content (AvgIpc) is 2.26. The van der Waals surface area contributed by atoms with E-state index in [1.807, 2.05) is 6.92 Å². The fourth-order valence-corrected chi connectivity index (χ4v) is 1.55. The van der Waals surface area contributed by atoms with Gasteiger partial charge in [0.05, 0.1) is 4.92 Å². The molecule has 0 amide bonds. The molecule has 0 saturated carbocycles. The zero-order valence-electron chi connectivity index (χ0n) is 9.69. The maximum absolute atomic E-state index is 10.6. The van der Waals surface area contributed by atoms with Crippen LogP contribution in [0, 0.1) is 17.0 Å². The van der Waals surface area contributed by atoms with E-state index in [0.717, 1.165) is 17.8 Å². The van der Waals surface area contributed by atoms with Crippen molar-refractivity contribution in [2.24, 2.45) is 0 Å². The number of rotatable bonds is 5. The number of nitrogens with one attached hydrogen (secondary N) is 1. The van der Waals surface area contributed by atoms with Crippen molar-refractivity contribution in [3.8, 4) is 0 Å². The van der Waals surface area contributed by atoms with E-state index in [-0.39, 0.29) is 10.6 Å². The normalized spacial score (nSPS) is 12.2. The summed E-state index contributed by atoms with van der Waals surface area (Å²) in [5, 5.41) is 14.4. The van der Waals surface area contributed by atoms with Crippen molar-refractivity contribution in [3.05, 3.63) is 33.9 Å². The Bertz CT molecular complexity index is 382. The third kappa shape index (κ3) is 3.41. The van der Waals surface area contributed by atoms with Gasteiger partial charge in [0, 0.05) is 29.6 Å². The van der Waals surface area contributed by atoms with E-state index in [1.165, 1.54) is 6.07 Å². The number of nitro groups is 1. The van der Waals surface area contributed by atoms with Gasteiger partial charge in [-0.2, -0.15) is 11.8 Å². The average molecular weight is 240 g/mol. The number of hydrogen-bond acceptors (Lipinski definition) is 4. The fourth-order valence-electron chi connectivity index (χ4n) is 1.30. The van der Waals surface area contributed by atoms with E-state index in [0.29, 0.717) is 5.25 Å². The summed E-state index contributed by atoms with van der Waals surface area (Å²) < 4.78 is 0. The molecular weight excluding hydrogens is 224 g/mol. The molecule has 0 aliphatic rings. The van der Waals surface area contributed by atoms with Crippen LogP contribution in [-0.4, -0.2) is 23.0 Å². The SMILES string of the molecule is CSC(C)CNc1ccc([N+](=O)[O-])cc1C.